The highest BCUT2D eigenvalue weighted by Gasteiger charge is 2.27. The standard InChI is InChI=1S/C17H19NO5S/c1-17(2,3)23-16(20)18-15(14-5-4-6-24-14)10-7-12-13(8-11(10)19)22-9-21-12/h4-8,15,19H,9H2,1-3H3,(H,18,20). The molecule has 1 aromatic carbocycles. The summed E-state index contributed by atoms with van der Waals surface area (Å²) in [4.78, 5) is 13.1. The molecule has 7 heteroatoms. The number of phenolic OH excluding ortho intramolecular Hbond substituents is 1. The van der Waals surface area contributed by atoms with Gasteiger partial charge in [0.2, 0.25) is 6.79 Å². The summed E-state index contributed by atoms with van der Waals surface area (Å²) in [5.74, 6) is 1.04. The van der Waals surface area contributed by atoms with Gasteiger partial charge in [-0.05, 0) is 38.3 Å². The summed E-state index contributed by atoms with van der Waals surface area (Å²) in [7, 11) is 0. The van der Waals surface area contributed by atoms with Crippen LogP contribution in [0.15, 0.2) is 29.6 Å². The third-order valence-corrected chi connectivity index (χ3v) is 4.26. The molecule has 0 saturated carbocycles. The number of carbonyl (C=O) groups excluding carboxylic acids is 1. The normalized spacial score (nSPS) is 14.3. The van der Waals surface area contributed by atoms with Gasteiger partial charge in [-0.25, -0.2) is 4.79 Å². The Labute approximate surface area is 144 Å². The Hall–Kier alpha value is -2.41. The predicted molar refractivity (Wildman–Crippen MR) is 89.8 cm³/mol. The second-order valence-corrected chi connectivity index (χ2v) is 7.34. The lowest BCUT2D eigenvalue weighted by Gasteiger charge is -2.24. The monoisotopic (exact) mass is 349 g/mol. The number of phenols is 1. The van der Waals surface area contributed by atoms with Crippen LogP contribution in [0.2, 0.25) is 0 Å². The van der Waals surface area contributed by atoms with Crippen molar-refractivity contribution in [2.75, 3.05) is 6.79 Å². The van der Waals surface area contributed by atoms with Crippen molar-refractivity contribution in [2.24, 2.45) is 0 Å². The zero-order valence-electron chi connectivity index (χ0n) is 13.7. The first kappa shape index (κ1) is 16.4. The van der Waals surface area contributed by atoms with Gasteiger partial charge in [-0.15, -0.1) is 11.3 Å². The molecule has 2 heterocycles. The van der Waals surface area contributed by atoms with Crippen LogP contribution in [0.4, 0.5) is 4.79 Å². The Morgan fingerprint density at radius 2 is 2.04 bits per heavy atom. The number of hydrogen-bond acceptors (Lipinski definition) is 6. The van der Waals surface area contributed by atoms with Gasteiger partial charge in [0, 0.05) is 16.5 Å². The summed E-state index contributed by atoms with van der Waals surface area (Å²) in [5, 5.41) is 15.1. The van der Waals surface area contributed by atoms with Crippen LogP contribution in [0, 0.1) is 0 Å². The molecule has 128 valence electrons. The minimum atomic E-state index is -0.610. The van der Waals surface area contributed by atoms with Crippen molar-refractivity contribution in [1.82, 2.24) is 5.32 Å². The van der Waals surface area contributed by atoms with Gasteiger partial charge in [-0.1, -0.05) is 6.07 Å². The molecule has 2 N–H and O–H groups in total. The number of carbonyl (C=O) groups is 1. The van der Waals surface area contributed by atoms with Gasteiger partial charge < -0.3 is 24.6 Å². The molecule has 0 aliphatic carbocycles. The van der Waals surface area contributed by atoms with Gasteiger partial charge in [-0.3, -0.25) is 0 Å². The van der Waals surface area contributed by atoms with Crippen molar-refractivity contribution < 1.29 is 24.1 Å². The van der Waals surface area contributed by atoms with Crippen LogP contribution in [0.3, 0.4) is 0 Å². The number of alkyl carbamates (subject to hydrolysis) is 1. The van der Waals surface area contributed by atoms with Crippen molar-refractivity contribution >= 4 is 17.4 Å². The van der Waals surface area contributed by atoms with Gasteiger partial charge in [0.25, 0.3) is 0 Å². The molecule has 6 nitrogen and oxygen atoms in total. The van der Waals surface area contributed by atoms with E-state index in [2.05, 4.69) is 5.32 Å². The molecule has 2 aromatic rings. The SMILES string of the molecule is CC(C)(C)OC(=O)NC(c1cccs1)c1cc2c(cc1O)OCO2. The highest BCUT2D eigenvalue weighted by molar-refractivity contribution is 7.10. The van der Waals surface area contributed by atoms with Crippen molar-refractivity contribution in [1.29, 1.82) is 0 Å². The largest absolute Gasteiger partial charge is 0.507 e. The lowest BCUT2D eigenvalue weighted by molar-refractivity contribution is 0.0512. The topological polar surface area (TPSA) is 77.0 Å². The van der Waals surface area contributed by atoms with Crippen molar-refractivity contribution in [3.8, 4) is 17.2 Å². The van der Waals surface area contributed by atoms with E-state index in [9.17, 15) is 9.90 Å². The van der Waals surface area contributed by atoms with E-state index in [-0.39, 0.29) is 12.5 Å². The molecule has 0 bridgehead atoms. The molecule has 0 radical (unpaired) electrons. The first-order chi connectivity index (χ1) is 11.3. The van der Waals surface area contributed by atoms with E-state index in [1.165, 1.54) is 17.4 Å². The molecule has 1 atom stereocenters. The number of thiophene rings is 1. The number of benzene rings is 1. The van der Waals surface area contributed by atoms with E-state index < -0.39 is 17.7 Å². The Bertz CT molecular complexity index is 736. The maximum absolute atomic E-state index is 12.2. The highest BCUT2D eigenvalue weighted by Crippen LogP contribution is 2.42. The molecule has 0 saturated heterocycles. The minimum Gasteiger partial charge on any atom is -0.507 e. The molecule has 1 unspecified atom stereocenters. The van der Waals surface area contributed by atoms with Crippen LogP contribution in [-0.4, -0.2) is 23.6 Å². The second-order valence-electron chi connectivity index (χ2n) is 6.36. The molecule has 1 aromatic heterocycles. The smallest absolute Gasteiger partial charge is 0.408 e. The molecular formula is C17H19NO5S. The maximum Gasteiger partial charge on any atom is 0.408 e. The Kier molecular flexibility index (Phi) is 4.28. The average molecular weight is 349 g/mol. The molecule has 24 heavy (non-hydrogen) atoms. The first-order valence-electron chi connectivity index (χ1n) is 7.49. The van der Waals surface area contributed by atoms with E-state index in [4.69, 9.17) is 14.2 Å². The van der Waals surface area contributed by atoms with Gasteiger partial charge in [0.05, 0.1) is 6.04 Å². The van der Waals surface area contributed by atoms with Crippen LogP contribution < -0.4 is 14.8 Å². The highest BCUT2D eigenvalue weighted by atomic mass is 32.1. The molecule has 1 amide bonds. The number of hydrogen-bond donors (Lipinski definition) is 2. The molecule has 0 fully saturated rings. The van der Waals surface area contributed by atoms with Gasteiger partial charge in [-0.2, -0.15) is 0 Å². The fourth-order valence-electron chi connectivity index (χ4n) is 2.36. The third-order valence-electron chi connectivity index (χ3n) is 3.32. The summed E-state index contributed by atoms with van der Waals surface area (Å²) in [5.41, 5.74) is -0.0892. The fourth-order valence-corrected chi connectivity index (χ4v) is 3.15. The number of nitrogens with one attached hydrogen (secondary N) is 1. The van der Waals surface area contributed by atoms with E-state index in [0.717, 1.165) is 4.88 Å². The number of rotatable bonds is 3. The van der Waals surface area contributed by atoms with Crippen LogP contribution in [0.25, 0.3) is 0 Å². The zero-order chi connectivity index (χ0) is 17.3. The molecule has 0 spiro atoms. The average Bonchev–Trinajstić information content (AvgIpc) is 3.13. The maximum atomic E-state index is 12.2. The minimum absolute atomic E-state index is 0.0220. The summed E-state index contributed by atoms with van der Waals surface area (Å²) in [6.45, 7) is 5.50. The number of aromatic hydroxyl groups is 1. The van der Waals surface area contributed by atoms with Crippen LogP contribution in [0.1, 0.15) is 37.3 Å². The Morgan fingerprint density at radius 1 is 1.33 bits per heavy atom. The first-order valence-corrected chi connectivity index (χ1v) is 8.37. The van der Waals surface area contributed by atoms with Crippen LogP contribution in [-0.2, 0) is 4.74 Å². The summed E-state index contributed by atoms with van der Waals surface area (Å²) in [6, 6.07) is 6.40. The van der Waals surface area contributed by atoms with Crippen LogP contribution in [0.5, 0.6) is 17.2 Å². The fraction of sp³-hybridized carbons (Fsp3) is 0.353. The van der Waals surface area contributed by atoms with Crippen molar-refractivity contribution in [3.63, 3.8) is 0 Å². The summed E-state index contributed by atoms with van der Waals surface area (Å²) >= 11 is 1.47. The van der Waals surface area contributed by atoms with Gasteiger partial charge in [0.1, 0.15) is 11.4 Å². The Balaban J connectivity index is 1.93. The van der Waals surface area contributed by atoms with E-state index in [0.29, 0.717) is 17.1 Å². The quantitative estimate of drug-likeness (QED) is 0.881. The van der Waals surface area contributed by atoms with Crippen molar-refractivity contribution in [3.05, 3.63) is 40.1 Å². The number of fused-ring (bicyclic) bond motifs is 1. The summed E-state index contributed by atoms with van der Waals surface area (Å²) in [6.07, 6.45) is -0.557. The lowest BCUT2D eigenvalue weighted by Crippen LogP contribution is -2.35. The molecular weight excluding hydrogens is 330 g/mol. The lowest BCUT2D eigenvalue weighted by atomic mass is 10.0. The summed E-state index contributed by atoms with van der Waals surface area (Å²) < 4.78 is 16.0. The Morgan fingerprint density at radius 3 is 2.67 bits per heavy atom. The second kappa shape index (κ2) is 6.24. The van der Waals surface area contributed by atoms with Gasteiger partial charge in [0.15, 0.2) is 11.5 Å². The van der Waals surface area contributed by atoms with Crippen molar-refractivity contribution in [2.45, 2.75) is 32.4 Å². The molecule has 1 aliphatic heterocycles. The van der Waals surface area contributed by atoms with E-state index in [1.54, 1.807) is 26.8 Å². The molecule has 3 rings (SSSR count). The van der Waals surface area contributed by atoms with E-state index >= 15 is 0 Å². The number of amides is 1. The zero-order valence-corrected chi connectivity index (χ0v) is 14.5. The predicted octanol–water partition coefficient (Wildman–Crippen LogP) is 3.80. The van der Waals surface area contributed by atoms with E-state index in [1.807, 2.05) is 17.5 Å². The number of ether oxygens (including phenoxy) is 3. The van der Waals surface area contributed by atoms with Crippen LogP contribution >= 0.6 is 11.3 Å². The van der Waals surface area contributed by atoms with Gasteiger partial charge >= 0.3 is 6.09 Å². The molecule has 1 aliphatic rings. The third kappa shape index (κ3) is 3.56.